The van der Waals surface area contributed by atoms with Gasteiger partial charge in [0.05, 0.1) is 51.0 Å². The molecular weight excluding hydrogens is 951 g/mol. The maximum atomic E-state index is 13.0. The summed E-state index contributed by atoms with van der Waals surface area (Å²) in [6, 6.07) is 0. The van der Waals surface area contributed by atoms with Crippen molar-refractivity contribution in [1.29, 1.82) is 0 Å². The molecule has 0 spiro atoms. The van der Waals surface area contributed by atoms with Gasteiger partial charge in [0.15, 0.2) is 25.2 Å². The average molecular weight is 1030 g/mol. The highest BCUT2D eigenvalue weighted by molar-refractivity contribution is 7.99. The zero-order valence-corrected chi connectivity index (χ0v) is 40.9. The molecule has 12 aliphatic heterocycles. The Hall–Kier alpha value is -1.47. The summed E-state index contributed by atoms with van der Waals surface area (Å²) in [6.45, 7) is 9.77. The first kappa shape index (κ1) is 56.8. The van der Waals surface area contributed by atoms with E-state index in [1.807, 2.05) is 0 Å². The van der Waals surface area contributed by atoms with Crippen LogP contribution >= 0.6 is 23.5 Å². The van der Waals surface area contributed by atoms with Crippen LogP contribution in [0.2, 0.25) is 0 Å². The standard InChI is InChI=1S/C45H77N3O19S2/c1-4-31(51)48(21-46-23(2)11-15-68-19-29-25-9-5-7-13-60-42-38(58)34(54)40(27(17-49)62-42)66-44(64-29)36(56)32(25)52)22-47-24(3)12-16-69-20-30-26-10-6-8-14-61-43-39(59)35(55)41(28(18-50)63-43)67-45(65-30)37(57)33(26)53/h25-30,32-47,49-50,52-59H,2-22H2,1H3. The summed E-state index contributed by atoms with van der Waals surface area (Å²) in [5.41, 5.74) is 1.40. The van der Waals surface area contributed by atoms with E-state index in [0.717, 1.165) is 0 Å². The van der Waals surface area contributed by atoms with Crippen molar-refractivity contribution in [2.45, 2.75) is 175 Å². The minimum Gasteiger partial charge on any atom is -0.394 e. The number of hydrogen-bond acceptors (Lipinski definition) is 23. The molecule has 22 nitrogen and oxygen atoms in total. The van der Waals surface area contributed by atoms with Crippen molar-refractivity contribution in [2.24, 2.45) is 11.8 Å². The third kappa shape index (κ3) is 14.9. The van der Waals surface area contributed by atoms with Gasteiger partial charge in [-0.3, -0.25) is 4.79 Å². The summed E-state index contributed by atoms with van der Waals surface area (Å²) in [6.07, 6.45) is -17.3. The van der Waals surface area contributed by atoms with Gasteiger partial charge >= 0.3 is 0 Å². The molecule has 12 rings (SSSR count). The number of aliphatic hydroxyl groups is 10. The third-order valence-electron chi connectivity index (χ3n) is 13.7. The number of thioether (sulfide) groups is 2. The molecule has 1 amide bonds. The fourth-order valence-electron chi connectivity index (χ4n) is 9.47. The first-order valence-corrected chi connectivity index (χ1v) is 26.6. The van der Waals surface area contributed by atoms with Gasteiger partial charge in [-0.05, 0) is 50.0 Å². The Bertz CT molecular complexity index is 1490. The Morgan fingerprint density at radius 1 is 0.551 bits per heavy atom. The zero-order chi connectivity index (χ0) is 49.8. The predicted molar refractivity (Wildman–Crippen MR) is 249 cm³/mol. The topological polar surface area (TPSA) is 321 Å². The zero-order valence-electron chi connectivity index (χ0n) is 39.3. The molecule has 20 unspecified atom stereocenters. The Morgan fingerprint density at radius 3 is 1.33 bits per heavy atom. The van der Waals surface area contributed by atoms with Crippen LogP contribution in [0.5, 0.6) is 0 Å². The van der Waals surface area contributed by atoms with Crippen LogP contribution < -0.4 is 10.6 Å². The molecule has 12 N–H and O–H groups in total. The van der Waals surface area contributed by atoms with Crippen LogP contribution in [0.1, 0.15) is 64.7 Å². The fourth-order valence-corrected chi connectivity index (χ4v) is 11.7. The smallest absolute Gasteiger partial charge is 0.225 e. The van der Waals surface area contributed by atoms with Crippen LogP contribution in [0.3, 0.4) is 0 Å². The number of rotatable bonds is 19. The number of hydrogen-bond donors (Lipinski definition) is 12. The average Bonchev–Trinajstić information content (AvgIpc) is 3.34. The second kappa shape index (κ2) is 27.7. The molecule has 12 fully saturated rings. The van der Waals surface area contributed by atoms with E-state index in [1.54, 1.807) is 35.3 Å². The number of amides is 1. The molecule has 398 valence electrons. The minimum atomic E-state index is -1.52. The number of nitrogens with one attached hydrogen (secondary N) is 2. The highest BCUT2D eigenvalue weighted by atomic mass is 32.2. The summed E-state index contributed by atoms with van der Waals surface area (Å²) >= 11 is 3.11. The Balaban J connectivity index is 0.931. The molecular formula is C45H77N3O19S2. The molecule has 20 atom stereocenters. The fraction of sp³-hybridized carbons (Fsp3) is 0.889. The summed E-state index contributed by atoms with van der Waals surface area (Å²) < 4.78 is 47.1. The van der Waals surface area contributed by atoms with Crippen molar-refractivity contribution >= 4 is 29.4 Å². The lowest BCUT2D eigenvalue weighted by Crippen LogP contribution is -2.63. The molecule has 0 aliphatic carbocycles. The van der Waals surface area contributed by atoms with Crippen molar-refractivity contribution in [1.82, 2.24) is 15.5 Å². The number of allylic oxidation sites excluding steroid dienone is 2. The van der Waals surface area contributed by atoms with Crippen LogP contribution in [-0.4, -0.2) is 235 Å². The van der Waals surface area contributed by atoms with Crippen molar-refractivity contribution in [2.75, 3.05) is 62.8 Å². The lowest BCUT2D eigenvalue weighted by Gasteiger charge is -2.47. The number of nitrogens with zero attached hydrogens (tertiary/aromatic N) is 1. The van der Waals surface area contributed by atoms with Crippen LogP contribution in [0.15, 0.2) is 24.6 Å². The molecule has 69 heavy (non-hydrogen) atoms. The normalized spacial score (nSPS) is 41.0. The van der Waals surface area contributed by atoms with Crippen LogP contribution in [-0.2, 0) is 42.7 Å². The van der Waals surface area contributed by atoms with E-state index in [1.165, 1.54) is 0 Å². The first-order valence-electron chi connectivity index (χ1n) is 24.3. The predicted octanol–water partition coefficient (Wildman–Crippen LogP) is -2.23. The number of aliphatic hydroxyl groups excluding tert-OH is 10. The number of carbonyl (C=O) groups excluding carboxylic acids is 1. The van der Waals surface area contributed by atoms with E-state index in [-0.39, 0.29) is 38.9 Å². The van der Waals surface area contributed by atoms with Gasteiger partial charge in [-0.2, -0.15) is 23.5 Å². The Morgan fingerprint density at radius 2 is 0.942 bits per heavy atom. The monoisotopic (exact) mass is 1030 g/mol. The molecule has 8 bridgehead atoms. The van der Waals surface area contributed by atoms with Gasteiger partial charge in [-0.1, -0.05) is 32.9 Å². The quantitative estimate of drug-likeness (QED) is 0.0481. The Kier molecular flexibility index (Phi) is 22.8. The molecule has 0 aromatic rings. The maximum Gasteiger partial charge on any atom is 0.225 e. The van der Waals surface area contributed by atoms with E-state index in [9.17, 15) is 55.9 Å². The van der Waals surface area contributed by atoms with Crippen LogP contribution in [0.4, 0.5) is 0 Å². The van der Waals surface area contributed by atoms with E-state index in [2.05, 4.69) is 23.8 Å². The second-order valence-corrected chi connectivity index (χ2v) is 20.8. The molecule has 24 heteroatoms. The first-order chi connectivity index (χ1) is 33.2. The molecule has 0 aromatic heterocycles. The highest BCUT2D eigenvalue weighted by Gasteiger charge is 2.53. The van der Waals surface area contributed by atoms with Crippen molar-refractivity contribution in [3.63, 3.8) is 0 Å². The van der Waals surface area contributed by atoms with Crippen molar-refractivity contribution in [3.05, 3.63) is 24.6 Å². The Labute approximate surface area is 412 Å². The second-order valence-electron chi connectivity index (χ2n) is 18.5. The molecule has 12 aliphatic rings. The van der Waals surface area contributed by atoms with E-state index >= 15 is 0 Å². The summed E-state index contributed by atoms with van der Waals surface area (Å²) in [5, 5.41) is 114. The summed E-state index contributed by atoms with van der Waals surface area (Å²) in [7, 11) is 0. The summed E-state index contributed by atoms with van der Waals surface area (Å²) in [5.74, 6) is 1.16. The molecule has 12 heterocycles. The van der Waals surface area contributed by atoms with E-state index in [0.29, 0.717) is 85.8 Å². The van der Waals surface area contributed by atoms with Gasteiger partial charge in [0.25, 0.3) is 0 Å². The van der Waals surface area contributed by atoms with Crippen molar-refractivity contribution < 1.29 is 93.8 Å². The van der Waals surface area contributed by atoms with Gasteiger partial charge in [0, 0.05) is 54.4 Å². The SMILES string of the molecule is C=C(CCSCC1OC2OC3C(CO)OC(OCCCCC1C(O)C2O)C(O)C3O)NCN(CNC(=C)CCSCC1OC2OC3C(CO)OC(OCCCCC1C(O)C2O)C(O)C3O)C(=O)CC. The molecule has 0 saturated carbocycles. The largest absolute Gasteiger partial charge is 0.394 e. The number of carbonyl (C=O) groups is 1. The highest BCUT2D eigenvalue weighted by Crippen LogP contribution is 2.38. The lowest BCUT2D eigenvalue weighted by molar-refractivity contribution is -0.354. The van der Waals surface area contributed by atoms with Gasteiger partial charge in [0.2, 0.25) is 5.91 Å². The molecule has 0 aromatic carbocycles. The maximum absolute atomic E-state index is 13.0. The third-order valence-corrected chi connectivity index (χ3v) is 15.8. The van der Waals surface area contributed by atoms with Crippen LogP contribution in [0.25, 0.3) is 0 Å². The van der Waals surface area contributed by atoms with Crippen LogP contribution in [0, 0.1) is 11.8 Å². The van der Waals surface area contributed by atoms with Gasteiger partial charge in [-0.25, -0.2) is 0 Å². The van der Waals surface area contributed by atoms with Gasteiger partial charge in [0.1, 0.15) is 61.0 Å². The molecule has 12 saturated heterocycles. The van der Waals surface area contributed by atoms with E-state index < -0.39 is 136 Å². The number of ether oxygens (including phenoxy) is 8. The summed E-state index contributed by atoms with van der Waals surface area (Å²) in [4.78, 5) is 14.6. The molecule has 0 radical (unpaired) electrons. The minimum absolute atomic E-state index is 0.0932. The van der Waals surface area contributed by atoms with Gasteiger partial charge < -0.3 is 104 Å². The lowest BCUT2D eigenvalue weighted by atomic mass is 9.85. The van der Waals surface area contributed by atoms with E-state index in [4.69, 9.17) is 37.9 Å². The van der Waals surface area contributed by atoms with Gasteiger partial charge in [-0.15, -0.1) is 0 Å². The van der Waals surface area contributed by atoms with Crippen molar-refractivity contribution in [3.8, 4) is 0 Å².